The van der Waals surface area contributed by atoms with E-state index in [0.29, 0.717) is 18.1 Å². The molecular weight excluding hydrogens is 274 g/mol. The number of hydrogen-bond acceptors (Lipinski definition) is 2. The Morgan fingerprint density at radius 2 is 1.62 bits per heavy atom. The van der Waals surface area contributed by atoms with Gasteiger partial charge in [0.2, 0.25) is 8.32 Å². The molecule has 0 amide bonds. The fourth-order valence-corrected chi connectivity index (χ4v) is 6.45. The van der Waals surface area contributed by atoms with E-state index in [1.54, 1.807) is 0 Å². The van der Waals surface area contributed by atoms with Crippen LogP contribution in [0.3, 0.4) is 0 Å². The second-order valence-corrected chi connectivity index (χ2v) is 11.8. The van der Waals surface area contributed by atoms with Gasteiger partial charge in [0, 0.05) is 24.5 Å². The highest BCUT2D eigenvalue weighted by Crippen LogP contribution is 2.31. The van der Waals surface area contributed by atoms with E-state index >= 15 is 0 Å². The summed E-state index contributed by atoms with van der Waals surface area (Å²) in [6.45, 7) is 16.2. The van der Waals surface area contributed by atoms with Crippen LogP contribution in [0.4, 0.5) is 0 Å². The monoisotopic (exact) mass is 311 g/mol. The zero-order valence-electron chi connectivity index (χ0n) is 15.4. The Morgan fingerprint density at radius 1 is 1.10 bits per heavy atom. The Balaban J connectivity index is 2.88. The van der Waals surface area contributed by atoms with Crippen LogP contribution in [0.5, 0.6) is 0 Å². The summed E-state index contributed by atoms with van der Waals surface area (Å²) in [7, 11) is -1.51. The van der Waals surface area contributed by atoms with Crippen LogP contribution in [0.15, 0.2) is 11.8 Å². The first-order valence-corrected chi connectivity index (χ1v) is 11.6. The van der Waals surface area contributed by atoms with Crippen molar-refractivity contribution < 1.29 is 4.43 Å². The molecule has 0 bridgehead atoms. The third-order valence-electron chi connectivity index (χ3n) is 5.16. The average molecular weight is 312 g/mol. The smallest absolute Gasteiger partial charge is 0.250 e. The van der Waals surface area contributed by atoms with Crippen molar-refractivity contribution in [1.29, 1.82) is 0 Å². The predicted molar refractivity (Wildman–Crippen MR) is 96.1 cm³/mol. The second-order valence-electron chi connectivity index (χ2n) is 7.07. The molecule has 3 heteroatoms. The summed E-state index contributed by atoms with van der Waals surface area (Å²) in [5.74, 6) is 1.30. The minimum atomic E-state index is -1.51. The molecule has 0 spiro atoms. The van der Waals surface area contributed by atoms with Gasteiger partial charge in [-0.1, -0.05) is 20.8 Å². The maximum absolute atomic E-state index is 6.64. The van der Waals surface area contributed by atoms with E-state index in [1.165, 1.54) is 36.7 Å². The van der Waals surface area contributed by atoms with Crippen molar-refractivity contribution >= 4 is 8.32 Å². The molecular formula is C18H37NOSi. The number of hydrogen-bond donors (Lipinski definition) is 0. The van der Waals surface area contributed by atoms with E-state index in [0.717, 1.165) is 6.42 Å². The van der Waals surface area contributed by atoms with Crippen LogP contribution in [0.1, 0.15) is 67.7 Å². The third-order valence-corrected chi connectivity index (χ3v) is 9.72. The summed E-state index contributed by atoms with van der Waals surface area (Å²) in [5, 5.41) is 0. The van der Waals surface area contributed by atoms with Crippen molar-refractivity contribution in [2.75, 3.05) is 0 Å². The lowest BCUT2D eigenvalue weighted by atomic mass is 9.97. The first-order valence-electron chi connectivity index (χ1n) is 9.06. The summed E-state index contributed by atoms with van der Waals surface area (Å²) in [6, 6.07) is 5.46. The molecule has 1 unspecified atom stereocenters. The van der Waals surface area contributed by atoms with Gasteiger partial charge >= 0.3 is 0 Å². The van der Waals surface area contributed by atoms with E-state index in [-0.39, 0.29) is 0 Å². The molecule has 0 aliphatic heterocycles. The summed E-state index contributed by atoms with van der Waals surface area (Å²) < 4.78 is 6.64. The van der Waals surface area contributed by atoms with E-state index in [1.807, 2.05) is 0 Å². The molecule has 1 aliphatic rings. The normalized spacial score (nSPS) is 20.3. The maximum Gasteiger partial charge on any atom is 0.250 e. The van der Waals surface area contributed by atoms with Crippen LogP contribution in [0.2, 0.25) is 18.1 Å². The number of nitrogens with zero attached hydrogens (tertiary/aromatic N) is 1. The van der Waals surface area contributed by atoms with Crippen LogP contribution in [0, 0.1) is 0 Å². The molecule has 0 fully saturated rings. The SMILES string of the molecule is CC[Si](CC)(CC)OC1=CC(N(C(C)C)C(C)C)CCC1. The van der Waals surface area contributed by atoms with Crippen molar-refractivity contribution in [3.8, 4) is 0 Å². The predicted octanol–water partition coefficient (Wildman–Crippen LogP) is 5.56. The van der Waals surface area contributed by atoms with Crippen LogP contribution in [-0.2, 0) is 4.43 Å². The molecule has 1 atom stereocenters. The zero-order chi connectivity index (χ0) is 16.0. The molecule has 0 heterocycles. The Hall–Kier alpha value is -0.283. The summed E-state index contributed by atoms with van der Waals surface area (Å²) >= 11 is 0. The van der Waals surface area contributed by atoms with Gasteiger partial charge in [0.1, 0.15) is 0 Å². The van der Waals surface area contributed by atoms with Gasteiger partial charge in [-0.05, 0) is 64.7 Å². The van der Waals surface area contributed by atoms with E-state index < -0.39 is 8.32 Å². The highest BCUT2D eigenvalue weighted by atomic mass is 28.4. The first kappa shape index (κ1) is 18.8. The molecule has 0 saturated carbocycles. The summed E-state index contributed by atoms with van der Waals surface area (Å²) in [5.41, 5.74) is 0. The molecule has 0 aromatic rings. The van der Waals surface area contributed by atoms with Crippen molar-refractivity contribution in [2.24, 2.45) is 0 Å². The fourth-order valence-electron chi connectivity index (χ4n) is 3.79. The minimum absolute atomic E-state index is 0.561. The van der Waals surface area contributed by atoms with Gasteiger partial charge in [-0.25, -0.2) is 0 Å². The molecule has 124 valence electrons. The van der Waals surface area contributed by atoms with Gasteiger partial charge in [-0.2, -0.15) is 0 Å². The molecule has 0 radical (unpaired) electrons. The Kier molecular flexibility index (Phi) is 7.48. The lowest BCUT2D eigenvalue weighted by molar-refractivity contribution is 0.123. The molecule has 0 aromatic carbocycles. The largest absolute Gasteiger partial charge is 0.547 e. The van der Waals surface area contributed by atoms with Crippen molar-refractivity contribution in [1.82, 2.24) is 4.90 Å². The van der Waals surface area contributed by atoms with Gasteiger partial charge in [0.05, 0.1) is 5.76 Å². The fraction of sp³-hybridized carbons (Fsp3) is 0.889. The topological polar surface area (TPSA) is 12.5 Å². The Bertz CT molecular complexity index is 318. The lowest BCUT2D eigenvalue weighted by Crippen LogP contribution is -2.45. The Morgan fingerprint density at radius 3 is 2.05 bits per heavy atom. The number of allylic oxidation sites excluding steroid dienone is 1. The standard InChI is InChI=1S/C18H37NOSi/c1-8-21(9-2,10-3)20-18-13-11-12-17(14-18)19(15(4)5)16(6)7/h14-17H,8-13H2,1-7H3. The molecule has 1 aliphatic carbocycles. The molecule has 0 aromatic heterocycles. The zero-order valence-corrected chi connectivity index (χ0v) is 16.4. The molecule has 21 heavy (non-hydrogen) atoms. The average Bonchev–Trinajstić information content (AvgIpc) is 2.44. The van der Waals surface area contributed by atoms with Crippen molar-refractivity contribution in [3.05, 3.63) is 11.8 Å². The van der Waals surface area contributed by atoms with Crippen LogP contribution in [0.25, 0.3) is 0 Å². The van der Waals surface area contributed by atoms with Crippen LogP contribution >= 0.6 is 0 Å². The first-order chi connectivity index (χ1) is 9.89. The van der Waals surface area contributed by atoms with Gasteiger partial charge in [-0.15, -0.1) is 0 Å². The minimum Gasteiger partial charge on any atom is -0.547 e. The van der Waals surface area contributed by atoms with Gasteiger partial charge in [0.25, 0.3) is 0 Å². The van der Waals surface area contributed by atoms with E-state index in [4.69, 9.17) is 4.43 Å². The quantitative estimate of drug-likeness (QED) is 0.544. The highest BCUT2D eigenvalue weighted by molar-refractivity contribution is 6.73. The van der Waals surface area contributed by atoms with Gasteiger partial charge < -0.3 is 4.43 Å². The Labute approximate surface area is 134 Å². The van der Waals surface area contributed by atoms with E-state index in [2.05, 4.69) is 59.4 Å². The van der Waals surface area contributed by atoms with Gasteiger partial charge in [0.15, 0.2) is 0 Å². The summed E-state index contributed by atoms with van der Waals surface area (Å²) in [4.78, 5) is 2.63. The maximum atomic E-state index is 6.64. The molecule has 0 N–H and O–H groups in total. The van der Waals surface area contributed by atoms with E-state index in [9.17, 15) is 0 Å². The highest BCUT2D eigenvalue weighted by Gasteiger charge is 2.33. The molecule has 2 nitrogen and oxygen atoms in total. The summed E-state index contributed by atoms with van der Waals surface area (Å²) in [6.07, 6.45) is 6.15. The van der Waals surface area contributed by atoms with Crippen molar-refractivity contribution in [2.45, 2.75) is 104 Å². The lowest BCUT2D eigenvalue weighted by Gasteiger charge is -2.40. The third kappa shape index (κ3) is 4.85. The van der Waals surface area contributed by atoms with Crippen molar-refractivity contribution in [3.63, 3.8) is 0 Å². The molecule has 1 rings (SSSR count). The molecule has 0 saturated heterocycles. The van der Waals surface area contributed by atoms with Crippen LogP contribution in [-0.4, -0.2) is 31.3 Å². The second kappa shape index (κ2) is 8.38. The van der Waals surface area contributed by atoms with Gasteiger partial charge in [-0.3, -0.25) is 4.90 Å². The number of rotatable bonds is 8. The van der Waals surface area contributed by atoms with Crippen LogP contribution < -0.4 is 0 Å².